The molecule has 0 spiro atoms. The molecular weight excluding hydrogens is 418 g/mol. The van der Waals surface area contributed by atoms with Gasteiger partial charge in [0.1, 0.15) is 6.04 Å². The number of hydrogen-bond acceptors (Lipinski definition) is 5. The summed E-state index contributed by atoms with van der Waals surface area (Å²) < 4.78 is 26.3. The Morgan fingerprint density at radius 3 is 2.32 bits per heavy atom. The zero-order valence-corrected chi connectivity index (χ0v) is 19.1. The van der Waals surface area contributed by atoms with Crippen LogP contribution in [0.4, 0.5) is 17.1 Å². The van der Waals surface area contributed by atoms with E-state index in [1.807, 2.05) is 12.1 Å². The Balaban J connectivity index is 2.36. The minimum atomic E-state index is -3.90. The van der Waals surface area contributed by atoms with Gasteiger partial charge in [-0.15, -0.1) is 0 Å². The fraction of sp³-hybridized carbons (Fsp3) is 0.409. The molecule has 0 unspecified atom stereocenters. The van der Waals surface area contributed by atoms with E-state index in [0.717, 1.165) is 35.4 Å². The standard InChI is InChI=1S/C22H29N3O5S/c1-5-7-8-17-10-12-18(13-11-17)23-22(26)20(6-2)24(31(4,29)30)21-15-19(25(27)28)14-9-16(21)3/h9-15,20H,5-8H2,1-4H3,(H,23,26)/t20-/m0/s1. The van der Waals surface area contributed by atoms with E-state index in [2.05, 4.69) is 12.2 Å². The largest absolute Gasteiger partial charge is 0.324 e. The first-order chi connectivity index (χ1) is 14.6. The number of amides is 1. The highest BCUT2D eigenvalue weighted by atomic mass is 32.2. The lowest BCUT2D eigenvalue weighted by Crippen LogP contribution is -2.47. The average Bonchev–Trinajstić information content (AvgIpc) is 2.71. The van der Waals surface area contributed by atoms with Crippen molar-refractivity contribution < 1.29 is 18.1 Å². The number of aryl methyl sites for hydroxylation is 2. The van der Waals surface area contributed by atoms with Gasteiger partial charge in [0.25, 0.3) is 5.69 Å². The van der Waals surface area contributed by atoms with Crippen LogP contribution in [0.3, 0.4) is 0 Å². The van der Waals surface area contributed by atoms with Crippen LogP contribution in [-0.2, 0) is 21.2 Å². The van der Waals surface area contributed by atoms with E-state index < -0.39 is 26.9 Å². The number of nitro benzene ring substituents is 1. The predicted molar refractivity (Wildman–Crippen MR) is 123 cm³/mol. The number of nitrogens with one attached hydrogen (secondary N) is 1. The summed E-state index contributed by atoms with van der Waals surface area (Å²) in [5.74, 6) is -0.500. The number of carbonyl (C=O) groups excluding carboxylic acids is 1. The van der Waals surface area contributed by atoms with Crippen LogP contribution in [0.25, 0.3) is 0 Å². The molecule has 0 aliphatic rings. The molecule has 0 saturated carbocycles. The van der Waals surface area contributed by atoms with E-state index in [0.29, 0.717) is 11.3 Å². The van der Waals surface area contributed by atoms with Crippen LogP contribution >= 0.6 is 0 Å². The van der Waals surface area contributed by atoms with Gasteiger partial charge < -0.3 is 5.32 Å². The SMILES string of the molecule is CCCCc1ccc(NC(=O)[C@H](CC)N(c2cc([N+](=O)[O-])ccc2C)S(C)(=O)=O)cc1. The van der Waals surface area contributed by atoms with Gasteiger partial charge in [0, 0.05) is 17.8 Å². The average molecular weight is 448 g/mol. The fourth-order valence-corrected chi connectivity index (χ4v) is 4.61. The van der Waals surface area contributed by atoms with Crippen LogP contribution in [0, 0.1) is 17.0 Å². The zero-order valence-electron chi connectivity index (χ0n) is 18.3. The molecule has 1 atom stereocenters. The van der Waals surface area contributed by atoms with Crippen molar-refractivity contribution in [3.63, 3.8) is 0 Å². The Kier molecular flexibility index (Phi) is 8.15. The molecule has 1 N–H and O–H groups in total. The molecule has 0 radical (unpaired) electrons. The number of carbonyl (C=O) groups is 1. The van der Waals surface area contributed by atoms with Crippen molar-refractivity contribution in [2.45, 2.75) is 52.5 Å². The summed E-state index contributed by atoms with van der Waals surface area (Å²) in [4.78, 5) is 23.7. The van der Waals surface area contributed by atoms with Crippen LogP contribution in [-0.4, -0.2) is 31.5 Å². The second kappa shape index (κ2) is 10.4. The number of nitrogens with zero attached hydrogens (tertiary/aromatic N) is 2. The van der Waals surface area contributed by atoms with Crippen LogP contribution < -0.4 is 9.62 Å². The van der Waals surface area contributed by atoms with Gasteiger partial charge in [-0.25, -0.2) is 8.42 Å². The van der Waals surface area contributed by atoms with E-state index in [-0.39, 0.29) is 17.8 Å². The van der Waals surface area contributed by atoms with Gasteiger partial charge in [0.2, 0.25) is 15.9 Å². The third-order valence-corrected chi connectivity index (χ3v) is 6.18. The molecule has 0 aliphatic heterocycles. The highest BCUT2D eigenvalue weighted by Gasteiger charge is 2.33. The van der Waals surface area contributed by atoms with Gasteiger partial charge >= 0.3 is 0 Å². The van der Waals surface area contributed by atoms with Crippen molar-refractivity contribution in [1.29, 1.82) is 0 Å². The molecule has 8 nitrogen and oxygen atoms in total. The van der Waals surface area contributed by atoms with Crippen LogP contribution in [0.1, 0.15) is 44.2 Å². The summed E-state index contributed by atoms with van der Waals surface area (Å²) >= 11 is 0. The molecule has 9 heteroatoms. The molecule has 31 heavy (non-hydrogen) atoms. The molecule has 0 fully saturated rings. The van der Waals surface area contributed by atoms with Crippen LogP contribution in [0.2, 0.25) is 0 Å². The Morgan fingerprint density at radius 2 is 1.81 bits per heavy atom. The first-order valence-corrected chi connectivity index (χ1v) is 12.1. The summed E-state index contributed by atoms with van der Waals surface area (Å²) in [5, 5.41) is 14.0. The molecule has 1 amide bonds. The minimum absolute atomic E-state index is 0.119. The van der Waals surface area contributed by atoms with E-state index in [9.17, 15) is 23.3 Å². The predicted octanol–water partition coefficient (Wildman–Crippen LogP) is 4.43. The number of unbranched alkanes of at least 4 members (excludes halogenated alkanes) is 1. The summed E-state index contributed by atoms with van der Waals surface area (Å²) in [6.07, 6.45) is 4.31. The number of non-ortho nitro benzene ring substituents is 1. The van der Waals surface area contributed by atoms with Crippen molar-refractivity contribution in [3.8, 4) is 0 Å². The van der Waals surface area contributed by atoms with Gasteiger partial charge in [0.05, 0.1) is 16.9 Å². The lowest BCUT2D eigenvalue weighted by molar-refractivity contribution is -0.384. The molecule has 168 valence electrons. The Morgan fingerprint density at radius 1 is 1.16 bits per heavy atom. The Hall–Kier alpha value is -2.94. The molecule has 0 heterocycles. The first-order valence-electron chi connectivity index (χ1n) is 10.2. The maximum absolute atomic E-state index is 13.0. The number of rotatable bonds is 10. The van der Waals surface area contributed by atoms with E-state index in [1.165, 1.54) is 18.2 Å². The van der Waals surface area contributed by atoms with Crippen molar-refractivity contribution in [3.05, 3.63) is 63.7 Å². The van der Waals surface area contributed by atoms with Crippen molar-refractivity contribution in [1.82, 2.24) is 0 Å². The number of sulfonamides is 1. The summed E-state index contributed by atoms with van der Waals surface area (Å²) in [6.45, 7) is 5.47. The molecule has 0 bridgehead atoms. The summed E-state index contributed by atoms with van der Waals surface area (Å²) in [6, 6.07) is 10.4. The molecular formula is C22H29N3O5S. The van der Waals surface area contributed by atoms with Gasteiger partial charge in [-0.2, -0.15) is 0 Å². The van der Waals surface area contributed by atoms with E-state index >= 15 is 0 Å². The lowest BCUT2D eigenvalue weighted by Gasteiger charge is -2.31. The third-order valence-electron chi connectivity index (χ3n) is 5.01. The molecule has 0 aliphatic carbocycles. The summed E-state index contributed by atoms with van der Waals surface area (Å²) in [7, 11) is -3.90. The zero-order chi connectivity index (χ0) is 23.2. The smallest absolute Gasteiger partial charge is 0.271 e. The molecule has 0 saturated heterocycles. The van der Waals surface area contributed by atoms with Crippen LogP contribution in [0.15, 0.2) is 42.5 Å². The van der Waals surface area contributed by atoms with Gasteiger partial charge in [-0.1, -0.05) is 38.5 Å². The van der Waals surface area contributed by atoms with Crippen molar-refractivity contribution in [2.75, 3.05) is 15.9 Å². The van der Waals surface area contributed by atoms with Gasteiger partial charge in [-0.3, -0.25) is 19.2 Å². The van der Waals surface area contributed by atoms with Gasteiger partial charge in [-0.05, 0) is 49.4 Å². The molecule has 2 rings (SSSR count). The molecule has 2 aromatic rings. The maximum Gasteiger partial charge on any atom is 0.271 e. The highest BCUT2D eigenvalue weighted by Crippen LogP contribution is 2.30. The quantitative estimate of drug-likeness (QED) is 0.428. The van der Waals surface area contributed by atoms with E-state index in [4.69, 9.17) is 0 Å². The number of hydrogen-bond donors (Lipinski definition) is 1. The van der Waals surface area contributed by atoms with Gasteiger partial charge in [0.15, 0.2) is 0 Å². The molecule has 0 aromatic heterocycles. The second-order valence-electron chi connectivity index (χ2n) is 7.50. The van der Waals surface area contributed by atoms with Crippen LogP contribution in [0.5, 0.6) is 0 Å². The topological polar surface area (TPSA) is 110 Å². The first kappa shape index (κ1) is 24.3. The van der Waals surface area contributed by atoms with E-state index in [1.54, 1.807) is 26.0 Å². The Bertz CT molecular complexity index is 1040. The minimum Gasteiger partial charge on any atom is -0.324 e. The normalized spacial score (nSPS) is 12.3. The second-order valence-corrected chi connectivity index (χ2v) is 9.36. The molecule has 2 aromatic carbocycles. The number of nitro groups is 1. The third kappa shape index (κ3) is 6.27. The Labute approximate surface area is 183 Å². The monoisotopic (exact) mass is 447 g/mol. The number of benzene rings is 2. The highest BCUT2D eigenvalue weighted by molar-refractivity contribution is 7.92. The van der Waals surface area contributed by atoms with Crippen molar-refractivity contribution in [2.24, 2.45) is 0 Å². The lowest BCUT2D eigenvalue weighted by atomic mass is 10.1. The summed E-state index contributed by atoms with van der Waals surface area (Å²) in [5.41, 5.74) is 2.12. The number of anilines is 2. The maximum atomic E-state index is 13.0. The fourth-order valence-electron chi connectivity index (χ4n) is 3.35. The van der Waals surface area contributed by atoms with Crippen molar-refractivity contribution >= 4 is 33.0 Å².